The van der Waals surface area contributed by atoms with Crippen molar-refractivity contribution in [2.75, 3.05) is 38.8 Å². The summed E-state index contributed by atoms with van der Waals surface area (Å²) in [5.74, 6) is 1.09. The molecule has 2 aliphatic rings. The van der Waals surface area contributed by atoms with Crippen LogP contribution in [-0.2, 0) is 15.1 Å². The molecule has 1 aliphatic heterocycles. The van der Waals surface area contributed by atoms with Crippen LogP contribution < -0.4 is 14.4 Å². The highest BCUT2D eigenvalue weighted by atomic mass is 19.4. The molecule has 0 aromatic heterocycles. The molecule has 0 bridgehead atoms. The molecule has 2 atom stereocenters. The molecule has 4 rings (SSSR count). The van der Waals surface area contributed by atoms with Crippen LogP contribution >= 0.6 is 0 Å². The second-order valence-electron chi connectivity index (χ2n) is 10.5. The van der Waals surface area contributed by atoms with E-state index < -0.39 is 17.7 Å². The summed E-state index contributed by atoms with van der Waals surface area (Å²) < 4.78 is 58.5. The predicted molar refractivity (Wildman–Crippen MR) is 138 cm³/mol. The molecule has 38 heavy (non-hydrogen) atoms. The van der Waals surface area contributed by atoms with Crippen molar-refractivity contribution in [3.63, 3.8) is 0 Å². The zero-order valence-corrected chi connectivity index (χ0v) is 22.1. The molecule has 1 heterocycles. The van der Waals surface area contributed by atoms with Gasteiger partial charge in [-0.05, 0) is 74.1 Å². The number of piperidine rings is 1. The predicted octanol–water partition coefficient (Wildman–Crippen LogP) is 6.38. The number of ether oxygens (including phenoxy) is 3. The summed E-state index contributed by atoms with van der Waals surface area (Å²) in [6.45, 7) is 2.70. The molecule has 2 aromatic carbocycles. The number of benzene rings is 2. The van der Waals surface area contributed by atoms with Crippen LogP contribution in [0.1, 0.15) is 56.1 Å². The maximum atomic E-state index is 14.0. The van der Waals surface area contributed by atoms with Crippen molar-refractivity contribution in [3.05, 3.63) is 53.6 Å². The first-order valence-corrected chi connectivity index (χ1v) is 13.1. The topological polar surface area (TPSA) is 68.2 Å². The van der Waals surface area contributed by atoms with Gasteiger partial charge in [0, 0.05) is 37.5 Å². The Bertz CT molecular complexity index is 1110. The van der Waals surface area contributed by atoms with Crippen molar-refractivity contribution in [3.8, 4) is 11.5 Å². The van der Waals surface area contributed by atoms with E-state index in [-0.39, 0.29) is 23.8 Å². The van der Waals surface area contributed by atoms with Crippen LogP contribution in [0.4, 0.5) is 18.9 Å². The zero-order chi connectivity index (χ0) is 27.5. The number of carboxylic acid groups (broad SMARTS) is 1. The molecule has 1 N–H and O–H groups in total. The second kappa shape index (κ2) is 11.4. The summed E-state index contributed by atoms with van der Waals surface area (Å²) >= 11 is 0. The van der Waals surface area contributed by atoms with E-state index in [0.29, 0.717) is 37.1 Å². The molecular formula is C29H36F3NO5. The number of carboxylic acids is 1. The van der Waals surface area contributed by atoms with Crippen molar-refractivity contribution >= 4 is 11.7 Å². The lowest BCUT2D eigenvalue weighted by molar-refractivity contribution is -0.268. The third-order valence-corrected chi connectivity index (χ3v) is 7.98. The van der Waals surface area contributed by atoms with Gasteiger partial charge in [0.15, 0.2) is 5.60 Å². The van der Waals surface area contributed by atoms with Crippen molar-refractivity contribution in [1.82, 2.24) is 0 Å². The molecule has 1 aliphatic carbocycles. The summed E-state index contributed by atoms with van der Waals surface area (Å²) in [5, 5.41) is 9.31. The molecule has 6 nitrogen and oxygen atoms in total. The number of hydrogen-bond donors (Lipinski definition) is 1. The van der Waals surface area contributed by atoms with Gasteiger partial charge in [-0.15, -0.1) is 0 Å². The number of halogens is 3. The number of alkyl halides is 3. The van der Waals surface area contributed by atoms with Gasteiger partial charge in [0.2, 0.25) is 0 Å². The molecule has 2 fully saturated rings. The summed E-state index contributed by atoms with van der Waals surface area (Å²) in [6.07, 6.45) is -0.832. The maximum absolute atomic E-state index is 14.0. The lowest BCUT2D eigenvalue weighted by Gasteiger charge is -2.39. The first-order chi connectivity index (χ1) is 18.1. The summed E-state index contributed by atoms with van der Waals surface area (Å²) in [6, 6.07) is 12.3. The number of hydrogen-bond acceptors (Lipinski definition) is 5. The Labute approximate surface area is 221 Å². The van der Waals surface area contributed by atoms with E-state index in [1.807, 2.05) is 29.2 Å². The van der Waals surface area contributed by atoms with Crippen LogP contribution in [0.15, 0.2) is 42.5 Å². The Hall–Kier alpha value is -2.94. The SMILES string of the molecule is COc1ccc(C(C)(OC)C(F)(F)F)c(N2CCC(COc3cccc(C(CC(=O)O)C4CC4)c3)CC2)c1. The van der Waals surface area contributed by atoms with E-state index in [2.05, 4.69) is 0 Å². The average molecular weight is 536 g/mol. The third-order valence-electron chi connectivity index (χ3n) is 7.98. The van der Waals surface area contributed by atoms with Crippen molar-refractivity contribution in [1.29, 1.82) is 0 Å². The standard InChI is InChI=1S/C29H36F3NO5/c1-28(37-3,29(30,31)32)25-10-9-22(36-2)16-26(25)33-13-11-19(12-14-33)18-38-23-6-4-5-21(15-23)24(17-27(34)35)20-7-8-20/h4-6,9-10,15-16,19-20,24H,7-8,11-14,17-18H2,1-3H3,(H,34,35). The van der Waals surface area contributed by atoms with Crippen LogP contribution in [0.5, 0.6) is 11.5 Å². The lowest BCUT2D eigenvalue weighted by atomic mass is 9.90. The average Bonchev–Trinajstić information content (AvgIpc) is 3.75. The monoisotopic (exact) mass is 535 g/mol. The fourth-order valence-corrected chi connectivity index (χ4v) is 5.31. The molecule has 2 unspecified atom stereocenters. The van der Waals surface area contributed by atoms with Gasteiger partial charge in [-0.1, -0.05) is 18.2 Å². The van der Waals surface area contributed by atoms with E-state index in [4.69, 9.17) is 14.2 Å². The smallest absolute Gasteiger partial charge is 0.421 e. The highest BCUT2D eigenvalue weighted by Gasteiger charge is 2.54. The number of rotatable bonds is 11. The second-order valence-corrected chi connectivity index (χ2v) is 10.5. The van der Waals surface area contributed by atoms with Crippen LogP contribution in [-0.4, -0.2) is 51.2 Å². The molecular weight excluding hydrogens is 499 g/mol. The van der Waals surface area contributed by atoms with Crippen LogP contribution in [0, 0.1) is 11.8 Å². The molecule has 9 heteroatoms. The van der Waals surface area contributed by atoms with Crippen molar-refractivity contribution in [2.45, 2.75) is 56.7 Å². The van der Waals surface area contributed by atoms with E-state index in [1.54, 1.807) is 6.07 Å². The van der Waals surface area contributed by atoms with E-state index >= 15 is 0 Å². The largest absolute Gasteiger partial charge is 0.497 e. The van der Waals surface area contributed by atoms with Gasteiger partial charge in [-0.3, -0.25) is 4.79 Å². The molecule has 208 valence electrons. The summed E-state index contributed by atoms with van der Waals surface area (Å²) in [5.41, 5.74) is -0.925. The molecule has 0 spiro atoms. The normalized spacial score (nSPS) is 19.1. The Balaban J connectivity index is 1.41. The Morgan fingerprint density at radius 3 is 2.34 bits per heavy atom. The van der Waals surface area contributed by atoms with Crippen molar-refractivity contribution in [2.24, 2.45) is 11.8 Å². The first-order valence-electron chi connectivity index (χ1n) is 13.1. The maximum Gasteiger partial charge on any atom is 0.421 e. The van der Waals surface area contributed by atoms with Gasteiger partial charge >= 0.3 is 12.1 Å². The van der Waals surface area contributed by atoms with Gasteiger partial charge in [0.05, 0.1) is 20.1 Å². The highest BCUT2D eigenvalue weighted by Crippen LogP contribution is 2.47. The van der Waals surface area contributed by atoms with Crippen LogP contribution in [0.2, 0.25) is 0 Å². The number of carbonyl (C=O) groups is 1. The first kappa shape index (κ1) is 28.1. The Kier molecular flexibility index (Phi) is 8.45. The van der Waals surface area contributed by atoms with E-state index in [0.717, 1.165) is 51.0 Å². The Morgan fingerprint density at radius 2 is 1.76 bits per heavy atom. The van der Waals surface area contributed by atoms with Gasteiger partial charge in [-0.2, -0.15) is 13.2 Å². The molecule has 1 saturated heterocycles. The molecule has 0 amide bonds. The van der Waals surface area contributed by atoms with Crippen LogP contribution in [0.25, 0.3) is 0 Å². The fourth-order valence-electron chi connectivity index (χ4n) is 5.31. The van der Waals surface area contributed by atoms with E-state index in [1.165, 1.54) is 19.2 Å². The van der Waals surface area contributed by atoms with Gasteiger partial charge in [0.1, 0.15) is 11.5 Å². The number of nitrogens with zero attached hydrogens (tertiary/aromatic N) is 1. The third kappa shape index (κ3) is 6.20. The Morgan fingerprint density at radius 1 is 1.05 bits per heavy atom. The molecule has 2 aromatic rings. The number of aliphatic carboxylic acids is 1. The molecule has 0 radical (unpaired) electrons. The highest BCUT2D eigenvalue weighted by molar-refractivity contribution is 5.68. The summed E-state index contributed by atoms with van der Waals surface area (Å²) in [4.78, 5) is 13.3. The quantitative estimate of drug-likeness (QED) is 0.360. The lowest BCUT2D eigenvalue weighted by Crippen LogP contribution is -2.44. The van der Waals surface area contributed by atoms with Gasteiger partial charge in [0.25, 0.3) is 0 Å². The fraction of sp³-hybridized carbons (Fsp3) is 0.552. The minimum Gasteiger partial charge on any atom is -0.497 e. The molecule has 1 saturated carbocycles. The summed E-state index contributed by atoms with van der Waals surface area (Å²) in [7, 11) is 2.57. The number of methoxy groups -OCH3 is 2. The van der Waals surface area contributed by atoms with E-state index in [9.17, 15) is 23.1 Å². The minimum absolute atomic E-state index is 0.00540. The number of anilines is 1. The van der Waals surface area contributed by atoms with Crippen molar-refractivity contribution < 1.29 is 37.3 Å². The van der Waals surface area contributed by atoms with Crippen LogP contribution in [0.3, 0.4) is 0 Å². The van der Waals surface area contributed by atoms with Gasteiger partial charge in [-0.25, -0.2) is 0 Å². The van der Waals surface area contributed by atoms with Gasteiger partial charge < -0.3 is 24.2 Å². The minimum atomic E-state index is -4.59. The zero-order valence-electron chi connectivity index (χ0n) is 22.1.